The SMILES string of the molecule is O=C(CN1C[C@@H](c2ccccc2)CC1=O)Nc1ccc(I)cc1. The van der Waals surface area contributed by atoms with Gasteiger partial charge in [0.15, 0.2) is 0 Å². The fourth-order valence-corrected chi connectivity index (χ4v) is 3.14. The molecule has 0 bridgehead atoms. The van der Waals surface area contributed by atoms with E-state index in [4.69, 9.17) is 0 Å². The average molecular weight is 420 g/mol. The number of hydrogen-bond acceptors (Lipinski definition) is 2. The fraction of sp³-hybridized carbons (Fsp3) is 0.222. The second-order valence-electron chi connectivity index (χ2n) is 5.64. The number of anilines is 1. The lowest BCUT2D eigenvalue weighted by atomic mass is 9.99. The number of benzene rings is 2. The fourth-order valence-electron chi connectivity index (χ4n) is 2.78. The molecule has 1 saturated heterocycles. The van der Waals surface area contributed by atoms with Crippen LogP contribution in [0.4, 0.5) is 5.69 Å². The Kier molecular flexibility index (Phi) is 4.95. The Hall–Kier alpha value is -1.89. The van der Waals surface area contributed by atoms with Crippen LogP contribution < -0.4 is 5.32 Å². The minimum Gasteiger partial charge on any atom is -0.333 e. The van der Waals surface area contributed by atoms with Crippen LogP contribution in [0.15, 0.2) is 54.6 Å². The summed E-state index contributed by atoms with van der Waals surface area (Å²) in [6.07, 6.45) is 0.473. The molecular formula is C18H17IN2O2. The van der Waals surface area contributed by atoms with Crippen LogP contribution >= 0.6 is 22.6 Å². The van der Waals surface area contributed by atoms with Gasteiger partial charge in [0, 0.05) is 28.1 Å². The zero-order valence-corrected chi connectivity index (χ0v) is 14.7. The summed E-state index contributed by atoms with van der Waals surface area (Å²) in [5.74, 6) is 0.0553. The number of hydrogen-bond donors (Lipinski definition) is 1. The number of halogens is 1. The Balaban J connectivity index is 1.58. The molecule has 1 aliphatic rings. The molecule has 0 radical (unpaired) electrons. The molecule has 0 aliphatic carbocycles. The van der Waals surface area contributed by atoms with Crippen LogP contribution in [0, 0.1) is 3.57 Å². The molecule has 1 N–H and O–H groups in total. The standard InChI is InChI=1S/C18H17IN2O2/c19-15-6-8-16(9-7-15)20-17(22)12-21-11-14(10-18(21)23)13-4-2-1-3-5-13/h1-9,14H,10-12H2,(H,20,22)/t14-/m0/s1. The summed E-state index contributed by atoms with van der Waals surface area (Å²) in [6.45, 7) is 0.705. The van der Waals surface area contributed by atoms with Gasteiger partial charge in [0.25, 0.3) is 0 Å². The van der Waals surface area contributed by atoms with Gasteiger partial charge in [0.05, 0.1) is 6.54 Å². The van der Waals surface area contributed by atoms with Crippen molar-refractivity contribution in [2.24, 2.45) is 0 Å². The van der Waals surface area contributed by atoms with E-state index in [9.17, 15) is 9.59 Å². The van der Waals surface area contributed by atoms with Gasteiger partial charge in [-0.2, -0.15) is 0 Å². The van der Waals surface area contributed by atoms with E-state index in [1.165, 1.54) is 0 Å². The van der Waals surface area contributed by atoms with Gasteiger partial charge in [0.1, 0.15) is 0 Å². The molecule has 2 aromatic rings. The second kappa shape index (κ2) is 7.12. The van der Waals surface area contributed by atoms with E-state index >= 15 is 0 Å². The van der Waals surface area contributed by atoms with Crippen molar-refractivity contribution in [3.63, 3.8) is 0 Å². The van der Waals surface area contributed by atoms with Crippen LogP contribution in [0.5, 0.6) is 0 Å². The Morgan fingerprint density at radius 2 is 1.83 bits per heavy atom. The summed E-state index contributed by atoms with van der Waals surface area (Å²) >= 11 is 2.22. The highest BCUT2D eigenvalue weighted by Crippen LogP contribution is 2.27. The first-order chi connectivity index (χ1) is 11.1. The Morgan fingerprint density at radius 3 is 2.52 bits per heavy atom. The van der Waals surface area contributed by atoms with Gasteiger partial charge in [-0.1, -0.05) is 30.3 Å². The smallest absolute Gasteiger partial charge is 0.243 e. The van der Waals surface area contributed by atoms with Crippen molar-refractivity contribution in [1.82, 2.24) is 4.90 Å². The molecule has 0 saturated carbocycles. The van der Waals surface area contributed by atoms with Crippen LogP contribution in [0.1, 0.15) is 17.9 Å². The number of amides is 2. The third-order valence-electron chi connectivity index (χ3n) is 3.95. The number of rotatable bonds is 4. The molecule has 1 fully saturated rings. The quantitative estimate of drug-likeness (QED) is 0.773. The van der Waals surface area contributed by atoms with Crippen molar-refractivity contribution in [3.8, 4) is 0 Å². The zero-order chi connectivity index (χ0) is 16.2. The molecule has 4 nitrogen and oxygen atoms in total. The Morgan fingerprint density at radius 1 is 1.13 bits per heavy atom. The van der Waals surface area contributed by atoms with Crippen molar-refractivity contribution in [2.45, 2.75) is 12.3 Å². The summed E-state index contributed by atoms with van der Waals surface area (Å²) in [4.78, 5) is 25.9. The number of nitrogens with one attached hydrogen (secondary N) is 1. The molecule has 118 valence electrons. The average Bonchev–Trinajstić information content (AvgIpc) is 2.91. The highest BCUT2D eigenvalue weighted by molar-refractivity contribution is 14.1. The first-order valence-electron chi connectivity index (χ1n) is 7.50. The maximum absolute atomic E-state index is 12.1. The first kappa shape index (κ1) is 16.0. The molecule has 1 aliphatic heterocycles. The second-order valence-corrected chi connectivity index (χ2v) is 6.89. The lowest BCUT2D eigenvalue weighted by Crippen LogP contribution is -2.34. The number of nitrogens with zero attached hydrogens (tertiary/aromatic N) is 1. The van der Waals surface area contributed by atoms with Gasteiger partial charge >= 0.3 is 0 Å². The molecule has 3 rings (SSSR count). The molecule has 0 spiro atoms. The van der Waals surface area contributed by atoms with Crippen LogP contribution in [0.2, 0.25) is 0 Å². The molecule has 2 aromatic carbocycles. The lowest BCUT2D eigenvalue weighted by Gasteiger charge is -2.16. The number of likely N-dealkylation sites (tertiary alicyclic amines) is 1. The van der Waals surface area contributed by atoms with E-state index in [0.29, 0.717) is 13.0 Å². The van der Waals surface area contributed by atoms with Crippen LogP contribution in [0.25, 0.3) is 0 Å². The molecule has 2 amide bonds. The van der Waals surface area contributed by atoms with Crippen molar-refractivity contribution in [2.75, 3.05) is 18.4 Å². The van der Waals surface area contributed by atoms with Crippen molar-refractivity contribution >= 4 is 40.1 Å². The zero-order valence-electron chi connectivity index (χ0n) is 12.5. The summed E-state index contributed by atoms with van der Waals surface area (Å²) < 4.78 is 1.11. The van der Waals surface area contributed by atoms with Crippen LogP contribution in [0.3, 0.4) is 0 Å². The predicted octanol–water partition coefficient (Wildman–Crippen LogP) is 3.25. The molecule has 0 unspecified atom stereocenters. The minimum atomic E-state index is -0.159. The molecule has 0 aromatic heterocycles. The summed E-state index contributed by atoms with van der Waals surface area (Å²) in [6, 6.07) is 17.6. The van der Waals surface area contributed by atoms with Gasteiger partial charge in [-0.3, -0.25) is 9.59 Å². The van der Waals surface area contributed by atoms with Crippen molar-refractivity contribution < 1.29 is 9.59 Å². The molecular weight excluding hydrogens is 403 g/mol. The van der Waals surface area contributed by atoms with Crippen LogP contribution in [-0.2, 0) is 9.59 Å². The van der Waals surface area contributed by atoms with E-state index in [-0.39, 0.29) is 24.3 Å². The lowest BCUT2D eigenvalue weighted by molar-refractivity contribution is -0.131. The molecule has 1 atom stereocenters. The van der Waals surface area contributed by atoms with Gasteiger partial charge in [-0.25, -0.2) is 0 Å². The largest absolute Gasteiger partial charge is 0.333 e. The normalized spacial score (nSPS) is 17.3. The third kappa shape index (κ3) is 4.10. The third-order valence-corrected chi connectivity index (χ3v) is 4.67. The van der Waals surface area contributed by atoms with Crippen LogP contribution in [-0.4, -0.2) is 29.8 Å². The monoisotopic (exact) mass is 420 g/mol. The maximum Gasteiger partial charge on any atom is 0.243 e. The van der Waals surface area contributed by atoms with E-state index in [0.717, 1.165) is 14.8 Å². The van der Waals surface area contributed by atoms with Gasteiger partial charge in [-0.15, -0.1) is 0 Å². The Bertz CT molecular complexity index is 701. The highest BCUT2D eigenvalue weighted by Gasteiger charge is 2.31. The van der Waals surface area contributed by atoms with E-state index in [2.05, 4.69) is 27.9 Å². The summed E-state index contributed by atoms with van der Waals surface area (Å²) in [5, 5.41) is 2.84. The maximum atomic E-state index is 12.1. The molecule has 5 heteroatoms. The molecule has 23 heavy (non-hydrogen) atoms. The van der Waals surface area contributed by atoms with Gasteiger partial charge in [0.2, 0.25) is 11.8 Å². The summed E-state index contributed by atoms with van der Waals surface area (Å²) in [7, 11) is 0. The minimum absolute atomic E-state index is 0.0385. The molecule has 1 heterocycles. The van der Waals surface area contributed by atoms with E-state index in [1.54, 1.807) is 4.90 Å². The highest BCUT2D eigenvalue weighted by atomic mass is 127. The van der Waals surface area contributed by atoms with Crippen molar-refractivity contribution in [1.29, 1.82) is 0 Å². The van der Waals surface area contributed by atoms with Gasteiger partial charge < -0.3 is 10.2 Å². The van der Waals surface area contributed by atoms with E-state index in [1.807, 2.05) is 54.6 Å². The van der Waals surface area contributed by atoms with Gasteiger partial charge in [-0.05, 0) is 52.4 Å². The number of carbonyl (C=O) groups is 2. The predicted molar refractivity (Wildman–Crippen MR) is 98.2 cm³/mol. The van der Waals surface area contributed by atoms with E-state index < -0.39 is 0 Å². The Labute approximate surface area is 149 Å². The van der Waals surface area contributed by atoms with Crippen molar-refractivity contribution in [3.05, 3.63) is 63.7 Å². The topological polar surface area (TPSA) is 49.4 Å². The summed E-state index contributed by atoms with van der Waals surface area (Å²) in [5.41, 5.74) is 1.91. The first-order valence-corrected chi connectivity index (χ1v) is 8.58. The number of carbonyl (C=O) groups excluding carboxylic acids is 2.